The Balaban J connectivity index is 2.24. The molecule has 0 aromatic carbocycles. The molecule has 1 aliphatic heterocycles. The lowest BCUT2D eigenvalue weighted by Crippen LogP contribution is -2.41. The van der Waals surface area contributed by atoms with E-state index >= 15 is 0 Å². The Morgan fingerprint density at radius 2 is 1.93 bits per heavy atom. The van der Waals surface area contributed by atoms with Crippen LogP contribution in [0.5, 0.6) is 0 Å². The van der Waals surface area contributed by atoms with Gasteiger partial charge in [-0.15, -0.1) is 0 Å². The van der Waals surface area contributed by atoms with E-state index in [2.05, 4.69) is 59.5 Å². The zero-order valence-corrected chi connectivity index (χ0v) is 21.5. The van der Waals surface area contributed by atoms with E-state index in [1.54, 1.807) is 6.92 Å². The summed E-state index contributed by atoms with van der Waals surface area (Å²) in [6.07, 6.45) is 10.6. The van der Waals surface area contributed by atoms with Gasteiger partial charge in [-0.1, -0.05) is 58.1 Å². The van der Waals surface area contributed by atoms with E-state index in [4.69, 9.17) is 13.9 Å². The number of hydrogen-bond donors (Lipinski definition) is 0. The lowest BCUT2D eigenvalue weighted by molar-refractivity contribution is -0.138. The average Bonchev–Trinajstić information content (AvgIpc) is 3.36. The summed E-state index contributed by atoms with van der Waals surface area (Å²) >= 11 is 0. The molecule has 0 spiro atoms. The Bertz CT molecular complexity index is 628. The highest BCUT2D eigenvalue weighted by molar-refractivity contribution is 6.74. The van der Waals surface area contributed by atoms with Crippen LogP contribution >= 0.6 is 0 Å². The van der Waals surface area contributed by atoms with E-state index in [9.17, 15) is 4.79 Å². The molecule has 0 amide bonds. The Morgan fingerprint density at radius 3 is 2.53 bits per heavy atom. The normalized spacial score (nSPS) is 21.0. The minimum Gasteiger partial charge on any atom is -0.463 e. The molecule has 1 saturated heterocycles. The van der Waals surface area contributed by atoms with Gasteiger partial charge in [0.1, 0.15) is 6.10 Å². The van der Waals surface area contributed by atoms with Gasteiger partial charge in [-0.25, -0.2) is 4.79 Å². The average molecular weight is 437 g/mol. The van der Waals surface area contributed by atoms with Crippen molar-refractivity contribution in [2.24, 2.45) is 5.92 Å². The summed E-state index contributed by atoms with van der Waals surface area (Å²) in [5.74, 6) is 0.316. The fourth-order valence-electron chi connectivity index (χ4n) is 3.00. The van der Waals surface area contributed by atoms with Crippen LogP contribution in [0.4, 0.5) is 0 Å². The van der Waals surface area contributed by atoms with Crippen molar-refractivity contribution in [1.29, 1.82) is 0 Å². The third kappa shape index (κ3) is 9.76. The Morgan fingerprint density at radius 1 is 1.27 bits per heavy atom. The summed E-state index contributed by atoms with van der Waals surface area (Å²) < 4.78 is 17.1. The number of esters is 1. The van der Waals surface area contributed by atoms with Crippen LogP contribution < -0.4 is 0 Å². The van der Waals surface area contributed by atoms with Gasteiger partial charge in [0.2, 0.25) is 0 Å². The maximum atomic E-state index is 11.5. The topological polar surface area (TPSA) is 48.1 Å². The maximum absolute atomic E-state index is 11.5. The predicted octanol–water partition coefficient (Wildman–Crippen LogP) is 6.59. The molecule has 0 N–H and O–H groups in total. The van der Waals surface area contributed by atoms with Crippen molar-refractivity contribution in [2.45, 2.75) is 97.6 Å². The smallest absolute Gasteiger partial charge is 0.333 e. The van der Waals surface area contributed by atoms with Crippen molar-refractivity contribution in [3.8, 4) is 0 Å². The summed E-state index contributed by atoms with van der Waals surface area (Å²) in [5.41, 5.74) is 1.86. The second-order valence-corrected chi connectivity index (χ2v) is 14.9. The fraction of sp³-hybridized carbons (Fsp3) is 0.720. The van der Waals surface area contributed by atoms with Crippen molar-refractivity contribution in [1.82, 2.24) is 0 Å². The van der Waals surface area contributed by atoms with Crippen LogP contribution in [0.15, 0.2) is 36.0 Å². The predicted molar refractivity (Wildman–Crippen MR) is 128 cm³/mol. The molecule has 30 heavy (non-hydrogen) atoms. The third-order valence-electron chi connectivity index (χ3n) is 6.04. The molecular formula is C25H44O4Si. The van der Waals surface area contributed by atoms with E-state index in [0.717, 1.165) is 25.7 Å². The Kier molecular flexibility index (Phi) is 10.8. The molecule has 0 saturated carbocycles. The molecule has 172 valence electrons. The van der Waals surface area contributed by atoms with Crippen molar-refractivity contribution < 1.29 is 18.7 Å². The summed E-state index contributed by atoms with van der Waals surface area (Å²) in [5, 5.41) is 0.230. The van der Waals surface area contributed by atoms with Gasteiger partial charge in [0.05, 0.1) is 19.3 Å². The zero-order chi connectivity index (χ0) is 22.9. The Hall–Kier alpha value is -1.17. The first-order valence-electron chi connectivity index (χ1n) is 11.3. The number of epoxide rings is 1. The quantitative estimate of drug-likeness (QED) is 0.0815. The van der Waals surface area contributed by atoms with Gasteiger partial charge in [-0.3, -0.25) is 0 Å². The molecule has 5 heteroatoms. The minimum absolute atomic E-state index is 0.225. The molecule has 0 unspecified atom stereocenters. The summed E-state index contributed by atoms with van der Waals surface area (Å²) in [6, 6.07) is 0. The lowest BCUT2D eigenvalue weighted by Gasteiger charge is -2.36. The van der Waals surface area contributed by atoms with Crippen LogP contribution in [-0.2, 0) is 18.7 Å². The molecule has 1 fully saturated rings. The summed E-state index contributed by atoms with van der Waals surface area (Å²) in [4.78, 5) is 11.5. The number of carbonyl (C=O) groups excluding carboxylic acids is 1. The van der Waals surface area contributed by atoms with E-state index in [-0.39, 0.29) is 17.1 Å². The van der Waals surface area contributed by atoms with Gasteiger partial charge < -0.3 is 13.9 Å². The molecule has 1 aliphatic rings. The van der Waals surface area contributed by atoms with Crippen LogP contribution in [0.3, 0.4) is 0 Å². The van der Waals surface area contributed by atoms with Crippen LogP contribution in [0.1, 0.15) is 67.2 Å². The van der Waals surface area contributed by atoms with Gasteiger partial charge >= 0.3 is 5.97 Å². The van der Waals surface area contributed by atoms with Crippen LogP contribution in [0.2, 0.25) is 18.1 Å². The minimum atomic E-state index is -1.71. The highest BCUT2D eigenvalue weighted by Crippen LogP contribution is 2.37. The highest BCUT2D eigenvalue weighted by atomic mass is 28.4. The van der Waals surface area contributed by atoms with Crippen LogP contribution in [-0.4, -0.2) is 39.7 Å². The second kappa shape index (κ2) is 12.0. The van der Waals surface area contributed by atoms with E-state index in [1.165, 1.54) is 5.57 Å². The van der Waals surface area contributed by atoms with Gasteiger partial charge in [-0.2, -0.15) is 0 Å². The standard InChI is InChI=1S/C25H44O4Si/c1-10-27-24(26)21(4)14-12-11-13-15-22-23(29-22)17-19(2)16-20(3)18-28-30(8,9)25(5,6)7/h13-15,19,22-23H,3,10-12,16-18H2,1-2,4-9H3/b15-13+,21-14+/t19-,22+,23+/m1/s1. The number of unbranched alkanes of at least 4 members (excludes halogenated alkanes) is 1. The molecule has 0 radical (unpaired) electrons. The molecular weight excluding hydrogens is 392 g/mol. The monoisotopic (exact) mass is 436 g/mol. The van der Waals surface area contributed by atoms with Crippen LogP contribution in [0.25, 0.3) is 0 Å². The van der Waals surface area contributed by atoms with E-state index in [0.29, 0.717) is 30.8 Å². The third-order valence-corrected chi connectivity index (χ3v) is 10.5. The molecule has 1 heterocycles. The SMILES string of the molecule is C=C(CO[Si](C)(C)C(C)(C)C)C[C@@H](C)C[C@@H]1O[C@H]1/C=C/CC/C=C(\C)C(=O)OCC. The van der Waals surface area contributed by atoms with E-state index in [1.807, 2.05) is 13.0 Å². The second-order valence-electron chi connectivity index (χ2n) is 10.1. The molecule has 0 aromatic rings. The van der Waals surface area contributed by atoms with Gasteiger partial charge in [-0.05, 0) is 63.6 Å². The maximum Gasteiger partial charge on any atom is 0.333 e. The summed E-state index contributed by atoms with van der Waals surface area (Å²) in [7, 11) is -1.71. The number of carbonyl (C=O) groups is 1. The molecule has 3 atom stereocenters. The van der Waals surface area contributed by atoms with E-state index < -0.39 is 8.32 Å². The van der Waals surface area contributed by atoms with Gasteiger partial charge in [0, 0.05) is 5.57 Å². The van der Waals surface area contributed by atoms with Crippen LogP contribution in [0, 0.1) is 5.92 Å². The lowest BCUT2D eigenvalue weighted by atomic mass is 9.96. The van der Waals surface area contributed by atoms with Gasteiger partial charge in [0.25, 0.3) is 0 Å². The largest absolute Gasteiger partial charge is 0.463 e. The Labute approximate surface area is 185 Å². The highest BCUT2D eigenvalue weighted by Gasteiger charge is 2.38. The first kappa shape index (κ1) is 26.9. The molecule has 0 aromatic heterocycles. The van der Waals surface area contributed by atoms with Crippen molar-refractivity contribution in [3.63, 3.8) is 0 Å². The number of hydrogen-bond acceptors (Lipinski definition) is 4. The molecule has 4 nitrogen and oxygen atoms in total. The number of allylic oxidation sites excluding steroid dienone is 2. The number of ether oxygens (including phenoxy) is 2. The molecule has 0 bridgehead atoms. The molecule has 1 rings (SSSR count). The first-order valence-corrected chi connectivity index (χ1v) is 14.2. The van der Waals surface area contributed by atoms with Gasteiger partial charge in [0.15, 0.2) is 8.32 Å². The van der Waals surface area contributed by atoms with Crippen molar-refractivity contribution >= 4 is 14.3 Å². The fourth-order valence-corrected chi connectivity index (χ4v) is 4.00. The number of rotatable bonds is 13. The molecule has 0 aliphatic carbocycles. The summed E-state index contributed by atoms with van der Waals surface area (Å²) in [6.45, 7) is 22.6. The first-order chi connectivity index (χ1) is 13.9. The zero-order valence-electron chi connectivity index (χ0n) is 20.5. The van der Waals surface area contributed by atoms with Crippen molar-refractivity contribution in [3.05, 3.63) is 36.0 Å². The van der Waals surface area contributed by atoms with Crippen molar-refractivity contribution in [2.75, 3.05) is 13.2 Å².